The van der Waals surface area contributed by atoms with E-state index in [4.69, 9.17) is 5.73 Å². The number of carbonyl (C=O) groups excluding carboxylic acids is 1. The molecule has 3 N–H and O–H groups in total. The Morgan fingerprint density at radius 1 is 1.39 bits per heavy atom. The van der Waals surface area contributed by atoms with Gasteiger partial charge in [-0.05, 0) is 45.2 Å². The second kappa shape index (κ2) is 6.01. The van der Waals surface area contributed by atoms with Gasteiger partial charge in [-0.15, -0.1) is 0 Å². The van der Waals surface area contributed by atoms with Gasteiger partial charge in [0.2, 0.25) is 5.91 Å². The molecule has 3 heteroatoms. The van der Waals surface area contributed by atoms with Crippen molar-refractivity contribution in [3.63, 3.8) is 0 Å². The summed E-state index contributed by atoms with van der Waals surface area (Å²) in [5.74, 6) is 0.0561. The number of nitrogens with two attached hydrogens (primary N) is 1. The first kappa shape index (κ1) is 14.7. The van der Waals surface area contributed by atoms with Gasteiger partial charge >= 0.3 is 0 Å². The highest BCUT2D eigenvalue weighted by Gasteiger charge is 2.24. The minimum atomic E-state index is -0.358. The third-order valence-electron chi connectivity index (χ3n) is 3.48. The second-order valence-electron chi connectivity index (χ2n) is 5.49. The van der Waals surface area contributed by atoms with E-state index >= 15 is 0 Å². The van der Waals surface area contributed by atoms with E-state index in [-0.39, 0.29) is 17.5 Å². The number of benzene rings is 1. The van der Waals surface area contributed by atoms with Crippen LogP contribution in [0, 0.1) is 6.92 Å². The first-order valence-electron chi connectivity index (χ1n) is 6.44. The summed E-state index contributed by atoms with van der Waals surface area (Å²) in [4.78, 5) is 11.9. The first-order valence-corrected chi connectivity index (χ1v) is 6.44. The second-order valence-corrected chi connectivity index (χ2v) is 5.49. The molecule has 1 aromatic carbocycles. The molecular formula is C15H24N2O. The summed E-state index contributed by atoms with van der Waals surface area (Å²) < 4.78 is 0. The highest BCUT2D eigenvalue weighted by molar-refractivity contribution is 5.77. The lowest BCUT2D eigenvalue weighted by Gasteiger charge is -2.30. The van der Waals surface area contributed by atoms with E-state index in [1.165, 1.54) is 11.1 Å². The van der Waals surface area contributed by atoms with E-state index in [0.29, 0.717) is 6.42 Å². The fraction of sp³-hybridized carbons (Fsp3) is 0.533. The molecule has 18 heavy (non-hydrogen) atoms. The number of hydrogen-bond acceptors (Lipinski definition) is 2. The Morgan fingerprint density at radius 2 is 2.00 bits per heavy atom. The van der Waals surface area contributed by atoms with E-state index in [1.807, 2.05) is 32.9 Å². The summed E-state index contributed by atoms with van der Waals surface area (Å²) in [7, 11) is 0. The van der Waals surface area contributed by atoms with Crippen LogP contribution in [0.1, 0.15) is 38.3 Å². The maximum absolute atomic E-state index is 11.9. The smallest absolute Gasteiger partial charge is 0.220 e. The number of amides is 1. The number of aryl methyl sites for hydroxylation is 2. The van der Waals surface area contributed by atoms with Crippen molar-refractivity contribution < 1.29 is 4.79 Å². The van der Waals surface area contributed by atoms with Gasteiger partial charge in [-0.3, -0.25) is 4.79 Å². The minimum Gasteiger partial charge on any atom is -0.350 e. The van der Waals surface area contributed by atoms with Crippen molar-refractivity contribution in [3.05, 3.63) is 35.4 Å². The van der Waals surface area contributed by atoms with E-state index in [1.54, 1.807) is 0 Å². The minimum absolute atomic E-state index is 0.0561. The molecular weight excluding hydrogens is 224 g/mol. The van der Waals surface area contributed by atoms with Gasteiger partial charge < -0.3 is 11.1 Å². The molecule has 3 nitrogen and oxygen atoms in total. The van der Waals surface area contributed by atoms with Crippen LogP contribution < -0.4 is 11.1 Å². The van der Waals surface area contributed by atoms with Gasteiger partial charge in [-0.1, -0.05) is 24.3 Å². The predicted molar refractivity (Wildman–Crippen MR) is 75.4 cm³/mol. The van der Waals surface area contributed by atoms with Crippen LogP contribution in [0.15, 0.2) is 24.3 Å². The van der Waals surface area contributed by atoms with Gasteiger partial charge in [0.25, 0.3) is 0 Å². The van der Waals surface area contributed by atoms with Crippen LogP contribution in [0.3, 0.4) is 0 Å². The molecule has 0 spiro atoms. The molecule has 0 radical (unpaired) electrons. The Hall–Kier alpha value is -1.35. The zero-order valence-electron chi connectivity index (χ0n) is 11.8. The topological polar surface area (TPSA) is 55.1 Å². The lowest BCUT2D eigenvalue weighted by atomic mass is 9.96. The standard InChI is InChI=1S/C15H24N2O/c1-11-7-5-6-8-13(11)9-10-14(18)17-15(3,4)12(2)16/h5-8,12H,9-10,16H2,1-4H3,(H,17,18). The Bertz CT molecular complexity index is 411. The van der Waals surface area contributed by atoms with Crippen LogP contribution in [0.2, 0.25) is 0 Å². The fourth-order valence-electron chi connectivity index (χ4n) is 1.67. The Balaban J connectivity index is 2.50. The molecule has 0 aliphatic rings. The molecule has 0 saturated heterocycles. The summed E-state index contributed by atoms with van der Waals surface area (Å²) in [6.07, 6.45) is 1.27. The highest BCUT2D eigenvalue weighted by atomic mass is 16.1. The van der Waals surface area contributed by atoms with Crippen LogP contribution >= 0.6 is 0 Å². The third-order valence-corrected chi connectivity index (χ3v) is 3.48. The number of carbonyl (C=O) groups is 1. The summed E-state index contributed by atoms with van der Waals surface area (Å²) in [5.41, 5.74) is 7.94. The van der Waals surface area contributed by atoms with Gasteiger partial charge in [0.05, 0.1) is 0 Å². The monoisotopic (exact) mass is 248 g/mol. The van der Waals surface area contributed by atoms with Crippen molar-refractivity contribution >= 4 is 5.91 Å². The maximum atomic E-state index is 11.9. The predicted octanol–water partition coefficient (Wildman–Crippen LogP) is 2.17. The van der Waals surface area contributed by atoms with Crippen molar-refractivity contribution in [2.75, 3.05) is 0 Å². The van der Waals surface area contributed by atoms with Crippen molar-refractivity contribution in [1.29, 1.82) is 0 Å². The highest BCUT2D eigenvalue weighted by Crippen LogP contribution is 2.11. The third kappa shape index (κ3) is 4.15. The van der Waals surface area contributed by atoms with Gasteiger partial charge in [-0.25, -0.2) is 0 Å². The van der Waals surface area contributed by atoms with Gasteiger partial charge in [0, 0.05) is 18.0 Å². The molecule has 0 heterocycles. The van der Waals surface area contributed by atoms with Crippen LogP contribution in [-0.4, -0.2) is 17.5 Å². The van der Waals surface area contributed by atoms with Crippen molar-refractivity contribution in [3.8, 4) is 0 Å². The Labute approximate surface area is 110 Å². The molecule has 0 fully saturated rings. The van der Waals surface area contributed by atoms with Crippen molar-refractivity contribution in [1.82, 2.24) is 5.32 Å². The van der Waals surface area contributed by atoms with Crippen LogP contribution in [0.4, 0.5) is 0 Å². The Morgan fingerprint density at radius 3 is 2.56 bits per heavy atom. The fourth-order valence-corrected chi connectivity index (χ4v) is 1.67. The lowest BCUT2D eigenvalue weighted by molar-refractivity contribution is -0.122. The van der Waals surface area contributed by atoms with Gasteiger partial charge in [0.1, 0.15) is 0 Å². The SMILES string of the molecule is Cc1ccccc1CCC(=O)NC(C)(C)C(C)N. The first-order chi connectivity index (χ1) is 8.33. The van der Waals surface area contributed by atoms with E-state index in [9.17, 15) is 4.79 Å². The molecule has 0 saturated carbocycles. The lowest BCUT2D eigenvalue weighted by Crippen LogP contribution is -2.54. The summed E-state index contributed by atoms with van der Waals surface area (Å²) in [6, 6.07) is 8.09. The average Bonchev–Trinajstić information content (AvgIpc) is 2.27. The molecule has 0 aliphatic heterocycles. The zero-order chi connectivity index (χ0) is 13.8. The van der Waals surface area contributed by atoms with E-state index in [0.717, 1.165) is 6.42 Å². The molecule has 0 aliphatic carbocycles. The van der Waals surface area contributed by atoms with Gasteiger partial charge in [0.15, 0.2) is 0 Å². The molecule has 1 atom stereocenters. The maximum Gasteiger partial charge on any atom is 0.220 e. The number of nitrogens with one attached hydrogen (secondary N) is 1. The zero-order valence-corrected chi connectivity index (χ0v) is 11.8. The molecule has 1 amide bonds. The molecule has 1 rings (SSSR count). The quantitative estimate of drug-likeness (QED) is 0.839. The van der Waals surface area contributed by atoms with Crippen LogP contribution in [0.5, 0.6) is 0 Å². The van der Waals surface area contributed by atoms with Crippen LogP contribution in [-0.2, 0) is 11.2 Å². The van der Waals surface area contributed by atoms with E-state index < -0.39 is 0 Å². The normalized spacial score (nSPS) is 13.2. The number of rotatable bonds is 5. The summed E-state index contributed by atoms with van der Waals surface area (Å²) in [6.45, 7) is 7.87. The molecule has 0 bridgehead atoms. The number of hydrogen-bond donors (Lipinski definition) is 2. The van der Waals surface area contributed by atoms with Crippen molar-refractivity contribution in [2.24, 2.45) is 5.73 Å². The molecule has 0 aromatic heterocycles. The summed E-state index contributed by atoms with van der Waals surface area (Å²) in [5, 5.41) is 2.98. The largest absolute Gasteiger partial charge is 0.350 e. The molecule has 1 aromatic rings. The Kier molecular flexibility index (Phi) is 4.91. The summed E-state index contributed by atoms with van der Waals surface area (Å²) >= 11 is 0. The van der Waals surface area contributed by atoms with Crippen molar-refractivity contribution in [2.45, 2.75) is 52.1 Å². The van der Waals surface area contributed by atoms with Gasteiger partial charge in [-0.2, -0.15) is 0 Å². The van der Waals surface area contributed by atoms with E-state index in [2.05, 4.69) is 24.4 Å². The average molecular weight is 248 g/mol. The van der Waals surface area contributed by atoms with Crippen LogP contribution in [0.25, 0.3) is 0 Å². The molecule has 1 unspecified atom stereocenters. The molecule has 100 valence electrons.